The van der Waals surface area contributed by atoms with Crippen LogP contribution in [0.1, 0.15) is 28.4 Å². The van der Waals surface area contributed by atoms with Crippen LogP contribution < -0.4 is 14.8 Å². The lowest BCUT2D eigenvalue weighted by Gasteiger charge is -2.33. The van der Waals surface area contributed by atoms with E-state index in [9.17, 15) is 9.59 Å². The highest BCUT2D eigenvalue weighted by Gasteiger charge is 2.42. The summed E-state index contributed by atoms with van der Waals surface area (Å²) < 4.78 is 16.0. The number of esters is 1. The minimum atomic E-state index is -1.22. The van der Waals surface area contributed by atoms with E-state index in [1.54, 1.807) is 19.1 Å². The normalized spacial score (nSPS) is 20.6. The van der Waals surface area contributed by atoms with Crippen LogP contribution >= 0.6 is 0 Å². The van der Waals surface area contributed by atoms with Crippen molar-refractivity contribution in [2.24, 2.45) is 0 Å². The van der Waals surface area contributed by atoms with Gasteiger partial charge in [-0.15, -0.1) is 0 Å². The predicted molar refractivity (Wildman–Crippen MR) is 88.4 cm³/mol. The maximum absolute atomic E-state index is 12.6. The van der Waals surface area contributed by atoms with Gasteiger partial charge in [-0.25, -0.2) is 4.79 Å². The van der Waals surface area contributed by atoms with Crippen LogP contribution in [0.15, 0.2) is 42.5 Å². The number of fused-ring (bicyclic) bond motifs is 2. The molecule has 0 saturated heterocycles. The standard InChI is InChI=1S/C19H17NO5/c1-19(9-13-4-2-3-5-14(13)17(21)25-19)18(22)20-10-12-6-7-15-16(8-12)24-11-23-15/h2-8H,9-11H2,1H3,(H,20,22). The second-order valence-electron chi connectivity index (χ2n) is 6.32. The lowest BCUT2D eigenvalue weighted by Crippen LogP contribution is -2.51. The number of rotatable bonds is 3. The van der Waals surface area contributed by atoms with Gasteiger partial charge in [-0.05, 0) is 36.2 Å². The Bertz CT molecular complexity index is 863. The monoisotopic (exact) mass is 339 g/mol. The molecule has 6 heteroatoms. The van der Waals surface area contributed by atoms with Gasteiger partial charge in [-0.1, -0.05) is 24.3 Å². The van der Waals surface area contributed by atoms with Crippen molar-refractivity contribution in [2.75, 3.05) is 6.79 Å². The summed E-state index contributed by atoms with van der Waals surface area (Å²) in [7, 11) is 0. The average Bonchev–Trinajstić information content (AvgIpc) is 3.07. The molecule has 1 amide bonds. The third-order valence-electron chi connectivity index (χ3n) is 4.45. The van der Waals surface area contributed by atoms with Crippen molar-refractivity contribution in [3.63, 3.8) is 0 Å². The van der Waals surface area contributed by atoms with Gasteiger partial charge >= 0.3 is 5.97 Å². The Kier molecular flexibility index (Phi) is 3.60. The summed E-state index contributed by atoms with van der Waals surface area (Å²) in [5, 5.41) is 2.84. The molecule has 0 saturated carbocycles. The van der Waals surface area contributed by atoms with Crippen LogP contribution in [0, 0.1) is 0 Å². The van der Waals surface area contributed by atoms with Crippen molar-refractivity contribution < 1.29 is 23.8 Å². The first-order valence-corrected chi connectivity index (χ1v) is 8.03. The van der Waals surface area contributed by atoms with Crippen molar-refractivity contribution in [3.05, 3.63) is 59.2 Å². The molecule has 1 atom stereocenters. The molecule has 128 valence electrons. The van der Waals surface area contributed by atoms with Crippen LogP contribution in [0.25, 0.3) is 0 Å². The van der Waals surface area contributed by atoms with E-state index in [0.717, 1.165) is 11.1 Å². The fourth-order valence-electron chi connectivity index (χ4n) is 3.08. The fourth-order valence-corrected chi connectivity index (χ4v) is 3.08. The average molecular weight is 339 g/mol. The van der Waals surface area contributed by atoms with E-state index in [2.05, 4.69) is 5.32 Å². The Labute approximate surface area is 144 Å². The number of nitrogens with one attached hydrogen (secondary N) is 1. The van der Waals surface area contributed by atoms with Gasteiger partial charge in [0.05, 0.1) is 5.56 Å². The minimum Gasteiger partial charge on any atom is -0.454 e. The quantitative estimate of drug-likeness (QED) is 0.868. The molecule has 2 heterocycles. The van der Waals surface area contributed by atoms with Gasteiger partial charge in [0.25, 0.3) is 5.91 Å². The Hall–Kier alpha value is -3.02. The van der Waals surface area contributed by atoms with E-state index in [-0.39, 0.29) is 12.7 Å². The second kappa shape index (κ2) is 5.81. The van der Waals surface area contributed by atoms with Crippen LogP contribution in [0.2, 0.25) is 0 Å². The van der Waals surface area contributed by atoms with Crippen molar-refractivity contribution in [2.45, 2.75) is 25.5 Å². The number of carbonyl (C=O) groups excluding carboxylic acids is 2. The summed E-state index contributed by atoms with van der Waals surface area (Å²) in [6, 6.07) is 12.7. The zero-order valence-corrected chi connectivity index (χ0v) is 13.7. The summed E-state index contributed by atoms with van der Waals surface area (Å²) in [6.45, 7) is 2.15. The molecule has 1 N–H and O–H groups in total. The molecule has 0 aromatic heterocycles. The van der Waals surface area contributed by atoms with Crippen molar-refractivity contribution in [1.29, 1.82) is 0 Å². The van der Waals surface area contributed by atoms with E-state index >= 15 is 0 Å². The van der Waals surface area contributed by atoms with Crippen molar-refractivity contribution in [1.82, 2.24) is 5.32 Å². The van der Waals surface area contributed by atoms with Crippen LogP contribution in [0.5, 0.6) is 11.5 Å². The van der Waals surface area contributed by atoms with Crippen LogP contribution in [-0.2, 0) is 22.5 Å². The first-order valence-electron chi connectivity index (χ1n) is 8.03. The largest absolute Gasteiger partial charge is 0.454 e. The van der Waals surface area contributed by atoms with Crippen LogP contribution in [0.4, 0.5) is 0 Å². The SMILES string of the molecule is CC1(C(=O)NCc2ccc3c(c2)OCO3)Cc2ccccc2C(=O)O1. The highest BCUT2D eigenvalue weighted by atomic mass is 16.7. The molecular formula is C19H17NO5. The van der Waals surface area contributed by atoms with E-state index in [1.807, 2.05) is 30.3 Å². The highest BCUT2D eigenvalue weighted by Crippen LogP contribution is 2.32. The Morgan fingerprint density at radius 1 is 1.16 bits per heavy atom. The van der Waals surface area contributed by atoms with Gasteiger partial charge in [0.15, 0.2) is 17.1 Å². The van der Waals surface area contributed by atoms with Crippen molar-refractivity contribution in [3.8, 4) is 11.5 Å². The predicted octanol–water partition coefficient (Wildman–Crippen LogP) is 2.20. The first-order chi connectivity index (χ1) is 12.0. The minimum absolute atomic E-state index is 0.207. The molecule has 0 spiro atoms. The smallest absolute Gasteiger partial charge is 0.339 e. The number of hydrogen-bond donors (Lipinski definition) is 1. The second-order valence-corrected chi connectivity index (χ2v) is 6.32. The van der Waals surface area contributed by atoms with Gasteiger partial charge in [-0.2, -0.15) is 0 Å². The maximum atomic E-state index is 12.6. The Balaban J connectivity index is 1.47. The molecule has 0 bridgehead atoms. The van der Waals surface area contributed by atoms with E-state index in [0.29, 0.717) is 30.0 Å². The first kappa shape index (κ1) is 15.5. The fraction of sp³-hybridized carbons (Fsp3) is 0.263. The van der Waals surface area contributed by atoms with Gasteiger partial charge in [-0.3, -0.25) is 4.79 Å². The van der Waals surface area contributed by atoms with Crippen LogP contribution in [0.3, 0.4) is 0 Å². The third kappa shape index (κ3) is 2.80. The molecule has 2 aromatic carbocycles. The lowest BCUT2D eigenvalue weighted by molar-refractivity contribution is -0.139. The maximum Gasteiger partial charge on any atom is 0.339 e. The van der Waals surface area contributed by atoms with Crippen LogP contribution in [-0.4, -0.2) is 24.3 Å². The Morgan fingerprint density at radius 2 is 1.96 bits per heavy atom. The summed E-state index contributed by atoms with van der Waals surface area (Å²) in [4.78, 5) is 24.8. The molecule has 25 heavy (non-hydrogen) atoms. The molecule has 4 rings (SSSR count). The topological polar surface area (TPSA) is 73.9 Å². The van der Waals surface area contributed by atoms with E-state index < -0.39 is 11.6 Å². The molecule has 0 fully saturated rings. The summed E-state index contributed by atoms with van der Waals surface area (Å²) in [6.07, 6.45) is 0.349. The number of benzene rings is 2. The molecule has 0 aliphatic carbocycles. The zero-order chi connectivity index (χ0) is 17.4. The summed E-state index contributed by atoms with van der Waals surface area (Å²) >= 11 is 0. The molecule has 1 unspecified atom stereocenters. The molecule has 6 nitrogen and oxygen atoms in total. The highest BCUT2D eigenvalue weighted by molar-refractivity contribution is 5.97. The zero-order valence-electron chi connectivity index (χ0n) is 13.7. The molecule has 2 aromatic rings. The molecule has 2 aliphatic heterocycles. The van der Waals surface area contributed by atoms with Gasteiger partial charge in [0, 0.05) is 13.0 Å². The van der Waals surface area contributed by atoms with Crippen molar-refractivity contribution >= 4 is 11.9 Å². The van der Waals surface area contributed by atoms with Gasteiger partial charge < -0.3 is 19.5 Å². The Morgan fingerprint density at radius 3 is 2.84 bits per heavy atom. The number of cyclic esters (lactones) is 1. The number of hydrogen-bond acceptors (Lipinski definition) is 5. The van der Waals surface area contributed by atoms with E-state index in [1.165, 1.54) is 0 Å². The third-order valence-corrected chi connectivity index (χ3v) is 4.45. The number of ether oxygens (including phenoxy) is 3. The van der Waals surface area contributed by atoms with E-state index in [4.69, 9.17) is 14.2 Å². The summed E-state index contributed by atoms with van der Waals surface area (Å²) in [5.41, 5.74) is 0.994. The number of amides is 1. The summed E-state index contributed by atoms with van der Waals surface area (Å²) in [5.74, 6) is 0.562. The molecular weight excluding hydrogens is 322 g/mol. The van der Waals surface area contributed by atoms with Gasteiger partial charge in [0.1, 0.15) is 0 Å². The molecule has 0 radical (unpaired) electrons. The van der Waals surface area contributed by atoms with Gasteiger partial charge in [0.2, 0.25) is 6.79 Å². The molecule has 2 aliphatic rings. The number of carbonyl (C=O) groups is 2. The lowest BCUT2D eigenvalue weighted by atomic mass is 9.89.